The molecule has 0 radical (unpaired) electrons. The normalized spacial score (nSPS) is 24.6. The second-order valence-electron chi connectivity index (χ2n) is 4.60. The van der Waals surface area contributed by atoms with Crippen LogP contribution in [0.1, 0.15) is 18.4 Å². The number of H-pyrrole nitrogens is 1. The van der Waals surface area contributed by atoms with E-state index in [0.29, 0.717) is 6.04 Å². The van der Waals surface area contributed by atoms with E-state index in [1.807, 2.05) is 6.20 Å². The van der Waals surface area contributed by atoms with Crippen LogP contribution in [0.4, 0.5) is 0 Å². The van der Waals surface area contributed by atoms with Gasteiger partial charge in [0.2, 0.25) is 0 Å². The fourth-order valence-corrected chi connectivity index (χ4v) is 2.23. The van der Waals surface area contributed by atoms with Crippen molar-refractivity contribution in [3.63, 3.8) is 0 Å². The summed E-state index contributed by atoms with van der Waals surface area (Å²) in [5, 5.41) is 13.9. The van der Waals surface area contributed by atoms with Gasteiger partial charge in [0.05, 0.1) is 6.10 Å². The summed E-state index contributed by atoms with van der Waals surface area (Å²) in [5.41, 5.74) is 2.48. The lowest BCUT2D eigenvalue weighted by Crippen LogP contribution is -2.43. The minimum atomic E-state index is -0.0790. The van der Waals surface area contributed by atoms with Gasteiger partial charge in [0, 0.05) is 24.3 Å². The van der Waals surface area contributed by atoms with Crippen LogP contribution in [0.3, 0.4) is 0 Å². The van der Waals surface area contributed by atoms with Crippen LogP contribution < -0.4 is 5.32 Å². The van der Waals surface area contributed by atoms with Gasteiger partial charge in [0.1, 0.15) is 0 Å². The average molecular weight is 216 g/mol. The molecular formula is C13H16N2O. The Morgan fingerprint density at radius 3 is 3.00 bits per heavy atom. The summed E-state index contributed by atoms with van der Waals surface area (Å²) in [6.45, 7) is 0.887. The third kappa shape index (κ3) is 1.84. The standard InChI is InChI=1S/C13H16N2O/c16-12-6-11(7-12)15-8-9-1-2-13-10(5-9)3-4-14-13/h1-5,11-12,14-16H,6-8H2. The monoisotopic (exact) mass is 216 g/mol. The highest BCUT2D eigenvalue weighted by atomic mass is 16.3. The summed E-state index contributed by atoms with van der Waals surface area (Å²) in [6.07, 6.45) is 3.67. The smallest absolute Gasteiger partial charge is 0.0570 e. The van der Waals surface area contributed by atoms with Crippen molar-refractivity contribution < 1.29 is 5.11 Å². The first-order chi connectivity index (χ1) is 7.81. The van der Waals surface area contributed by atoms with Gasteiger partial charge in [0.25, 0.3) is 0 Å². The first-order valence-corrected chi connectivity index (χ1v) is 5.79. The lowest BCUT2D eigenvalue weighted by Gasteiger charge is -2.32. The summed E-state index contributed by atoms with van der Waals surface area (Å²) >= 11 is 0. The molecule has 1 saturated carbocycles. The fraction of sp³-hybridized carbons (Fsp3) is 0.385. The van der Waals surface area contributed by atoms with Gasteiger partial charge in [-0.05, 0) is 42.0 Å². The number of fused-ring (bicyclic) bond motifs is 1. The van der Waals surface area contributed by atoms with Crippen LogP contribution in [0.25, 0.3) is 10.9 Å². The van der Waals surface area contributed by atoms with Crippen LogP contribution in [-0.4, -0.2) is 22.2 Å². The largest absolute Gasteiger partial charge is 0.393 e. The molecule has 3 heteroatoms. The molecule has 1 aromatic carbocycles. The van der Waals surface area contributed by atoms with Gasteiger partial charge < -0.3 is 15.4 Å². The predicted octanol–water partition coefficient (Wildman–Crippen LogP) is 1.78. The Morgan fingerprint density at radius 1 is 1.31 bits per heavy atom. The highest BCUT2D eigenvalue weighted by Gasteiger charge is 2.26. The summed E-state index contributed by atoms with van der Waals surface area (Å²) in [6, 6.07) is 9.04. The van der Waals surface area contributed by atoms with Crippen LogP contribution in [0.2, 0.25) is 0 Å². The number of aromatic nitrogens is 1. The van der Waals surface area contributed by atoms with E-state index < -0.39 is 0 Å². The van der Waals surface area contributed by atoms with Gasteiger partial charge in [-0.25, -0.2) is 0 Å². The number of hydrogen-bond donors (Lipinski definition) is 3. The van der Waals surface area contributed by atoms with E-state index in [-0.39, 0.29) is 6.10 Å². The van der Waals surface area contributed by atoms with Crippen molar-refractivity contribution in [2.75, 3.05) is 0 Å². The average Bonchev–Trinajstić information content (AvgIpc) is 2.69. The maximum absolute atomic E-state index is 9.18. The van der Waals surface area contributed by atoms with E-state index >= 15 is 0 Å². The third-order valence-electron chi connectivity index (χ3n) is 3.33. The number of rotatable bonds is 3. The number of hydrogen-bond acceptors (Lipinski definition) is 2. The molecule has 3 N–H and O–H groups in total. The van der Waals surface area contributed by atoms with Crippen molar-refractivity contribution >= 4 is 10.9 Å². The highest BCUT2D eigenvalue weighted by Crippen LogP contribution is 2.20. The Hall–Kier alpha value is -1.32. The summed E-state index contributed by atoms with van der Waals surface area (Å²) in [4.78, 5) is 3.19. The number of aliphatic hydroxyl groups excluding tert-OH is 1. The SMILES string of the molecule is OC1CC(NCc2ccc3[nH]ccc3c2)C1. The van der Waals surface area contributed by atoms with E-state index in [1.54, 1.807) is 0 Å². The van der Waals surface area contributed by atoms with Crippen molar-refractivity contribution in [3.05, 3.63) is 36.0 Å². The molecule has 0 saturated heterocycles. The maximum atomic E-state index is 9.18. The number of aromatic amines is 1. The number of aliphatic hydroxyl groups is 1. The molecule has 84 valence electrons. The predicted molar refractivity (Wildman–Crippen MR) is 64.2 cm³/mol. The quantitative estimate of drug-likeness (QED) is 0.732. The molecule has 0 spiro atoms. The molecule has 0 atom stereocenters. The number of benzene rings is 1. The van der Waals surface area contributed by atoms with Gasteiger partial charge in [0.15, 0.2) is 0 Å². The van der Waals surface area contributed by atoms with Crippen LogP contribution in [0, 0.1) is 0 Å². The fourth-order valence-electron chi connectivity index (χ4n) is 2.23. The summed E-state index contributed by atoms with van der Waals surface area (Å²) in [5.74, 6) is 0. The van der Waals surface area contributed by atoms with Crippen LogP contribution in [0.5, 0.6) is 0 Å². The molecule has 0 unspecified atom stereocenters. The molecule has 16 heavy (non-hydrogen) atoms. The minimum Gasteiger partial charge on any atom is -0.393 e. The van der Waals surface area contributed by atoms with E-state index in [9.17, 15) is 5.11 Å². The van der Waals surface area contributed by atoms with Crippen LogP contribution in [0.15, 0.2) is 30.5 Å². The Morgan fingerprint density at radius 2 is 2.19 bits per heavy atom. The Balaban J connectivity index is 1.65. The first kappa shape index (κ1) is 9.87. The zero-order valence-corrected chi connectivity index (χ0v) is 9.11. The molecule has 1 fully saturated rings. The third-order valence-corrected chi connectivity index (χ3v) is 3.33. The second kappa shape index (κ2) is 3.92. The molecule has 3 rings (SSSR count). The molecular weight excluding hydrogens is 200 g/mol. The summed E-state index contributed by atoms with van der Waals surface area (Å²) < 4.78 is 0. The van der Waals surface area contributed by atoms with Crippen molar-refractivity contribution in [1.29, 1.82) is 0 Å². The maximum Gasteiger partial charge on any atom is 0.0570 e. The molecule has 1 aromatic heterocycles. The highest BCUT2D eigenvalue weighted by molar-refractivity contribution is 5.79. The van der Waals surface area contributed by atoms with Gasteiger partial charge in [-0.15, -0.1) is 0 Å². The Labute approximate surface area is 94.5 Å². The van der Waals surface area contributed by atoms with Gasteiger partial charge in [-0.3, -0.25) is 0 Å². The van der Waals surface area contributed by atoms with Crippen LogP contribution in [-0.2, 0) is 6.54 Å². The molecule has 3 nitrogen and oxygen atoms in total. The van der Waals surface area contributed by atoms with Crippen LogP contribution >= 0.6 is 0 Å². The lowest BCUT2D eigenvalue weighted by atomic mass is 9.89. The van der Waals surface area contributed by atoms with Crippen molar-refractivity contribution in [2.45, 2.75) is 31.5 Å². The van der Waals surface area contributed by atoms with Gasteiger partial charge in [-0.1, -0.05) is 6.07 Å². The van der Waals surface area contributed by atoms with Gasteiger partial charge >= 0.3 is 0 Å². The van der Waals surface area contributed by atoms with E-state index in [0.717, 1.165) is 19.4 Å². The summed E-state index contributed by atoms with van der Waals surface area (Å²) in [7, 11) is 0. The van der Waals surface area contributed by atoms with Crippen molar-refractivity contribution in [3.8, 4) is 0 Å². The zero-order valence-electron chi connectivity index (χ0n) is 9.11. The van der Waals surface area contributed by atoms with E-state index in [4.69, 9.17) is 0 Å². The molecule has 1 heterocycles. The Bertz CT molecular complexity index is 485. The van der Waals surface area contributed by atoms with E-state index in [1.165, 1.54) is 16.5 Å². The second-order valence-corrected chi connectivity index (χ2v) is 4.60. The molecule has 0 aliphatic heterocycles. The molecule has 1 aliphatic carbocycles. The lowest BCUT2D eigenvalue weighted by molar-refractivity contribution is 0.0619. The zero-order chi connectivity index (χ0) is 11.0. The molecule has 1 aliphatic rings. The molecule has 0 amide bonds. The molecule has 0 bridgehead atoms. The van der Waals surface area contributed by atoms with E-state index in [2.05, 4.69) is 34.6 Å². The topological polar surface area (TPSA) is 48.0 Å². The van der Waals surface area contributed by atoms with Crippen molar-refractivity contribution in [1.82, 2.24) is 10.3 Å². The first-order valence-electron chi connectivity index (χ1n) is 5.79. The number of nitrogens with one attached hydrogen (secondary N) is 2. The van der Waals surface area contributed by atoms with Gasteiger partial charge in [-0.2, -0.15) is 0 Å². The minimum absolute atomic E-state index is 0.0790. The van der Waals surface area contributed by atoms with Crippen molar-refractivity contribution in [2.24, 2.45) is 0 Å². The molecule has 2 aromatic rings. The Kier molecular flexibility index (Phi) is 2.42.